The molecule has 4 N–H and O–H groups in total. The van der Waals surface area contributed by atoms with E-state index in [0.717, 1.165) is 13.8 Å². The van der Waals surface area contributed by atoms with Crippen molar-refractivity contribution in [2.45, 2.75) is 20.8 Å². The highest BCUT2D eigenvalue weighted by molar-refractivity contribution is 5.63. The van der Waals surface area contributed by atoms with E-state index in [9.17, 15) is 0 Å². The van der Waals surface area contributed by atoms with Gasteiger partial charge in [-0.3, -0.25) is 9.59 Å². The maximum Gasteiger partial charge on any atom is 0.300 e. The Kier molecular flexibility index (Phi) is 10.6. The van der Waals surface area contributed by atoms with E-state index in [1.165, 1.54) is 18.2 Å². The van der Waals surface area contributed by atoms with Crippen LogP contribution >= 0.6 is 0 Å². The lowest BCUT2D eigenvalue weighted by molar-refractivity contribution is -0.135. The van der Waals surface area contributed by atoms with E-state index in [2.05, 4.69) is 0 Å². The van der Waals surface area contributed by atoms with Crippen molar-refractivity contribution in [1.29, 1.82) is 0 Å². The van der Waals surface area contributed by atoms with Crippen molar-refractivity contribution in [2.75, 3.05) is 6.61 Å². The first kappa shape index (κ1) is 18.9. The molecule has 0 bridgehead atoms. The molecule has 1 aromatic rings. The zero-order valence-electron chi connectivity index (χ0n) is 11.0. The molecule has 0 atom stereocenters. The highest BCUT2D eigenvalue weighted by Gasteiger charge is 2.00. The minimum absolute atomic E-state index is 0.0460. The number of carboxylic acids is 2. The van der Waals surface area contributed by atoms with Crippen LogP contribution in [-0.2, 0) is 9.59 Å². The highest BCUT2D eigenvalue weighted by Crippen LogP contribution is 2.29. The topological polar surface area (TPSA) is 124 Å². The summed E-state index contributed by atoms with van der Waals surface area (Å²) in [5.41, 5.74) is 0. The number of aromatic hydroxyl groups is 2. The molecule has 0 aromatic heterocycles. The number of phenolic OH excluding ortho intramolecular Hbond substituents is 2. The summed E-state index contributed by atoms with van der Waals surface area (Å²) in [4.78, 5) is 18.0. The van der Waals surface area contributed by atoms with E-state index in [4.69, 9.17) is 34.8 Å². The zero-order chi connectivity index (χ0) is 15.4. The van der Waals surface area contributed by atoms with E-state index >= 15 is 0 Å². The maximum absolute atomic E-state index is 9.13. The van der Waals surface area contributed by atoms with Crippen LogP contribution in [0.1, 0.15) is 20.8 Å². The standard InChI is InChI=1S/C8H10O3.2C2H4O2/c1-2-11-8-5-6(9)3-4-7(8)10;2*1-2(3)4/h3-5,9-10H,2H2,1H3;2*1H3,(H,3,4). The summed E-state index contributed by atoms with van der Waals surface area (Å²) in [7, 11) is 0. The average molecular weight is 274 g/mol. The Balaban J connectivity index is 0. The average Bonchev–Trinajstić information content (AvgIpc) is 2.22. The molecular formula is C12H18O7. The summed E-state index contributed by atoms with van der Waals surface area (Å²) in [6.07, 6.45) is 0. The lowest BCUT2D eigenvalue weighted by Crippen LogP contribution is -1.90. The van der Waals surface area contributed by atoms with Crippen LogP contribution in [0.3, 0.4) is 0 Å². The van der Waals surface area contributed by atoms with Crippen molar-refractivity contribution in [3.8, 4) is 17.2 Å². The van der Waals surface area contributed by atoms with Crippen molar-refractivity contribution in [2.24, 2.45) is 0 Å². The van der Waals surface area contributed by atoms with Crippen LogP contribution in [0.25, 0.3) is 0 Å². The van der Waals surface area contributed by atoms with Gasteiger partial charge in [0.1, 0.15) is 5.75 Å². The number of phenols is 2. The van der Waals surface area contributed by atoms with Crippen molar-refractivity contribution in [3.05, 3.63) is 18.2 Å². The molecule has 0 aliphatic heterocycles. The van der Waals surface area contributed by atoms with E-state index in [1.807, 2.05) is 6.92 Å². The molecule has 0 radical (unpaired) electrons. The SMILES string of the molecule is CC(=O)O.CC(=O)O.CCOc1cc(O)ccc1O. The van der Waals surface area contributed by atoms with Crippen LogP contribution in [0.5, 0.6) is 17.2 Å². The smallest absolute Gasteiger partial charge is 0.300 e. The zero-order valence-corrected chi connectivity index (χ0v) is 11.0. The van der Waals surface area contributed by atoms with E-state index < -0.39 is 11.9 Å². The van der Waals surface area contributed by atoms with E-state index in [-0.39, 0.29) is 11.5 Å². The van der Waals surface area contributed by atoms with Crippen LogP contribution in [0.4, 0.5) is 0 Å². The summed E-state index contributed by atoms with van der Waals surface area (Å²) in [6.45, 7) is 4.44. The molecule has 0 amide bonds. The van der Waals surface area contributed by atoms with Crippen LogP contribution in [0.2, 0.25) is 0 Å². The summed E-state index contributed by atoms with van der Waals surface area (Å²) < 4.78 is 5.01. The Morgan fingerprint density at radius 3 is 1.89 bits per heavy atom. The quantitative estimate of drug-likeness (QED) is 0.604. The number of hydrogen-bond donors (Lipinski definition) is 4. The number of hydrogen-bond acceptors (Lipinski definition) is 5. The van der Waals surface area contributed by atoms with Gasteiger partial charge in [0, 0.05) is 19.9 Å². The van der Waals surface area contributed by atoms with Gasteiger partial charge in [0.25, 0.3) is 11.9 Å². The number of benzene rings is 1. The van der Waals surface area contributed by atoms with E-state index in [1.54, 1.807) is 0 Å². The number of carbonyl (C=O) groups is 2. The van der Waals surface area contributed by atoms with Crippen LogP contribution in [-0.4, -0.2) is 39.0 Å². The fraction of sp³-hybridized carbons (Fsp3) is 0.333. The van der Waals surface area contributed by atoms with Crippen LogP contribution < -0.4 is 4.74 Å². The molecule has 1 rings (SSSR count). The lowest BCUT2D eigenvalue weighted by atomic mass is 10.3. The van der Waals surface area contributed by atoms with Crippen molar-refractivity contribution < 1.29 is 34.8 Å². The lowest BCUT2D eigenvalue weighted by Gasteiger charge is -2.04. The number of ether oxygens (including phenoxy) is 1. The minimum atomic E-state index is -0.833. The van der Waals surface area contributed by atoms with Gasteiger partial charge in [-0.2, -0.15) is 0 Å². The normalized spacial score (nSPS) is 8.16. The van der Waals surface area contributed by atoms with Gasteiger partial charge in [0.05, 0.1) is 6.61 Å². The first-order valence-corrected chi connectivity index (χ1v) is 5.24. The predicted molar refractivity (Wildman–Crippen MR) is 67.6 cm³/mol. The summed E-state index contributed by atoms with van der Waals surface area (Å²) in [5, 5.41) is 32.9. The third-order valence-electron chi connectivity index (χ3n) is 1.24. The summed E-state index contributed by atoms with van der Waals surface area (Å²) in [5.74, 6) is -1.22. The van der Waals surface area contributed by atoms with Gasteiger partial charge < -0.3 is 25.2 Å². The summed E-state index contributed by atoms with van der Waals surface area (Å²) in [6, 6.07) is 4.16. The van der Waals surface area contributed by atoms with Gasteiger partial charge in [0.15, 0.2) is 11.5 Å². The molecule has 0 fully saturated rings. The molecule has 0 spiro atoms. The molecule has 0 aliphatic rings. The Morgan fingerprint density at radius 1 is 1.11 bits per heavy atom. The Bertz CT molecular complexity index is 381. The third kappa shape index (κ3) is 15.6. The Hall–Kier alpha value is -2.44. The molecule has 0 unspecified atom stereocenters. The van der Waals surface area contributed by atoms with Gasteiger partial charge in [-0.25, -0.2) is 0 Å². The van der Waals surface area contributed by atoms with Gasteiger partial charge in [-0.05, 0) is 19.1 Å². The fourth-order valence-corrected chi connectivity index (χ4v) is 0.774. The molecule has 7 nitrogen and oxygen atoms in total. The van der Waals surface area contributed by atoms with Gasteiger partial charge in [0.2, 0.25) is 0 Å². The monoisotopic (exact) mass is 274 g/mol. The van der Waals surface area contributed by atoms with Crippen molar-refractivity contribution >= 4 is 11.9 Å². The van der Waals surface area contributed by atoms with Crippen molar-refractivity contribution in [1.82, 2.24) is 0 Å². The van der Waals surface area contributed by atoms with Gasteiger partial charge in [-0.1, -0.05) is 0 Å². The molecule has 1 aromatic carbocycles. The molecule has 0 aliphatic carbocycles. The molecule has 0 saturated carbocycles. The number of carboxylic acid groups (broad SMARTS) is 2. The molecule has 0 heterocycles. The number of aliphatic carboxylic acids is 2. The second kappa shape index (κ2) is 10.7. The van der Waals surface area contributed by atoms with Crippen LogP contribution in [0.15, 0.2) is 18.2 Å². The second-order valence-electron chi connectivity index (χ2n) is 3.12. The minimum Gasteiger partial charge on any atom is -0.508 e. The largest absolute Gasteiger partial charge is 0.508 e. The fourth-order valence-electron chi connectivity index (χ4n) is 0.774. The molecule has 108 valence electrons. The molecule has 7 heteroatoms. The summed E-state index contributed by atoms with van der Waals surface area (Å²) >= 11 is 0. The van der Waals surface area contributed by atoms with Crippen LogP contribution in [0, 0.1) is 0 Å². The number of rotatable bonds is 2. The Labute approximate surface area is 110 Å². The Morgan fingerprint density at radius 2 is 1.53 bits per heavy atom. The molecule has 0 saturated heterocycles. The predicted octanol–water partition coefficient (Wildman–Crippen LogP) is 1.68. The third-order valence-corrected chi connectivity index (χ3v) is 1.24. The molecule has 19 heavy (non-hydrogen) atoms. The van der Waals surface area contributed by atoms with Gasteiger partial charge >= 0.3 is 0 Å². The highest BCUT2D eigenvalue weighted by atomic mass is 16.5. The van der Waals surface area contributed by atoms with Gasteiger partial charge in [-0.15, -0.1) is 0 Å². The molecular weight excluding hydrogens is 256 g/mol. The van der Waals surface area contributed by atoms with E-state index in [0.29, 0.717) is 12.4 Å². The van der Waals surface area contributed by atoms with Crippen molar-refractivity contribution in [3.63, 3.8) is 0 Å². The first-order chi connectivity index (χ1) is 8.70. The first-order valence-electron chi connectivity index (χ1n) is 5.24. The second-order valence-corrected chi connectivity index (χ2v) is 3.12. The maximum atomic E-state index is 9.13.